The molecule has 0 saturated heterocycles. The Morgan fingerprint density at radius 2 is 1.52 bits per heavy atom. The van der Waals surface area contributed by atoms with Crippen molar-refractivity contribution in [3.05, 3.63) is 59.3 Å². The Hall–Kier alpha value is -3.35. The van der Waals surface area contributed by atoms with Crippen molar-refractivity contribution in [1.82, 2.24) is 15.0 Å². The van der Waals surface area contributed by atoms with E-state index in [9.17, 15) is 14.3 Å². The number of aromatic carboxylic acids is 1. The summed E-state index contributed by atoms with van der Waals surface area (Å²) in [6.45, 7) is 3.66. The maximum Gasteiger partial charge on any atom is 0.358 e. The fraction of sp³-hybridized carbons (Fsp3) is 0.111. The predicted molar refractivity (Wildman–Crippen MR) is 91.5 cm³/mol. The Bertz CT molecular complexity index is 951. The second kappa shape index (κ2) is 6.27. The number of carbonyl (C=O) groups is 1. The molecule has 0 aliphatic carbocycles. The Labute approximate surface area is 143 Å². The van der Waals surface area contributed by atoms with Crippen molar-refractivity contribution in [2.75, 3.05) is 5.73 Å². The summed E-state index contributed by atoms with van der Waals surface area (Å²) < 4.78 is 13.2. The minimum Gasteiger partial charge on any atom is -0.476 e. The number of hydrogen-bond acceptors (Lipinski definition) is 5. The number of aryl methyl sites for hydroxylation is 2. The van der Waals surface area contributed by atoms with Gasteiger partial charge in [-0.2, -0.15) is 0 Å². The highest BCUT2D eigenvalue weighted by atomic mass is 19.1. The molecular formula is C18H15FN4O2. The minimum absolute atomic E-state index is 0.196. The fourth-order valence-electron chi connectivity index (χ4n) is 2.59. The highest BCUT2D eigenvalue weighted by Gasteiger charge is 2.19. The second-order valence-corrected chi connectivity index (χ2v) is 5.61. The van der Waals surface area contributed by atoms with Gasteiger partial charge in [-0.25, -0.2) is 19.2 Å². The predicted octanol–water partition coefficient (Wildman–Crippen LogP) is 3.24. The SMILES string of the molecule is Cc1cc(-c2nc(C(=O)O)c(N)nc2-c2ccc(F)cc2)cc(C)n1. The smallest absolute Gasteiger partial charge is 0.358 e. The Kier molecular flexibility index (Phi) is 4.14. The molecule has 0 fully saturated rings. The average molecular weight is 338 g/mol. The summed E-state index contributed by atoms with van der Waals surface area (Å²) in [5, 5.41) is 9.30. The summed E-state index contributed by atoms with van der Waals surface area (Å²) in [5.74, 6) is -1.85. The zero-order valence-electron chi connectivity index (χ0n) is 13.6. The number of nitrogens with two attached hydrogens (primary N) is 1. The fourth-order valence-corrected chi connectivity index (χ4v) is 2.59. The minimum atomic E-state index is -1.26. The van der Waals surface area contributed by atoms with Crippen LogP contribution >= 0.6 is 0 Å². The zero-order valence-corrected chi connectivity index (χ0v) is 13.6. The summed E-state index contributed by atoms with van der Waals surface area (Å²) in [7, 11) is 0. The molecule has 3 aromatic rings. The first-order valence-electron chi connectivity index (χ1n) is 7.47. The molecule has 0 radical (unpaired) electrons. The van der Waals surface area contributed by atoms with Crippen molar-refractivity contribution < 1.29 is 14.3 Å². The van der Waals surface area contributed by atoms with Crippen LogP contribution in [0.2, 0.25) is 0 Å². The number of carboxylic acids is 1. The topological polar surface area (TPSA) is 102 Å². The molecule has 0 amide bonds. The number of nitrogens with zero attached hydrogens (tertiary/aromatic N) is 3. The standard InChI is InChI=1S/C18H15FN4O2/c1-9-7-12(8-10(2)21-9)15-14(11-3-5-13(19)6-4-11)23-17(20)16(22-15)18(24)25/h3-8H,1-2H3,(H2,20,23)(H,24,25). The van der Waals surface area contributed by atoms with Gasteiger partial charge in [0.1, 0.15) is 5.82 Å². The number of anilines is 1. The molecule has 2 aromatic heterocycles. The summed E-state index contributed by atoms with van der Waals surface area (Å²) in [5.41, 5.74) is 8.93. The van der Waals surface area contributed by atoms with Crippen LogP contribution in [0.1, 0.15) is 21.9 Å². The number of pyridine rings is 1. The van der Waals surface area contributed by atoms with Gasteiger partial charge in [-0.05, 0) is 50.2 Å². The molecule has 25 heavy (non-hydrogen) atoms. The van der Waals surface area contributed by atoms with E-state index in [-0.39, 0.29) is 17.3 Å². The summed E-state index contributed by atoms with van der Waals surface area (Å²) in [4.78, 5) is 24.1. The molecule has 0 aliphatic rings. The number of rotatable bonds is 3. The van der Waals surface area contributed by atoms with Crippen LogP contribution in [0, 0.1) is 19.7 Å². The number of carboxylic acid groups (broad SMARTS) is 1. The lowest BCUT2D eigenvalue weighted by molar-refractivity contribution is 0.0691. The van der Waals surface area contributed by atoms with Gasteiger partial charge in [-0.15, -0.1) is 0 Å². The molecule has 7 heteroatoms. The zero-order chi connectivity index (χ0) is 18.1. The first-order valence-corrected chi connectivity index (χ1v) is 7.47. The van der Waals surface area contributed by atoms with Gasteiger partial charge >= 0.3 is 5.97 Å². The van der Waals surface area contributed by atoms with Crippen LogP contribution in [0.3, 0.4) is 0 Å². The van der Waals surface area contributed by atoms with Crippen LogP contribution in [0.5, 0.6) is 0 Å². The highest BCUT2D eigenvalue weighted by molar-refractivity contribution is 5.93. The first-order chi connectivity index (χ1) is 11.8. The van der Waals surface area contributed by atoms with Crippen molar-refractivity contribution in [2.24, 2.45) is 0 Å². The van der Waals surface area contributed by atoms with E-state index in [0.29, 0.717) is 22.5 Å². The lowest BCUT2D eigenvalue weighted by atomic mass is 10.0. The molecule has 0 aliphatic heterocycles. The molecule has 0 unspecified atom stereocenters. The largest absolute Gasteiger partial charge is 0.476 e. The second-order valence-electron chi connectivity index (χ2n) is 5.61. The van der Waals surface area contributed by atoms with Crippen LogP contribution in [0.25, 0.3) is 22.5 Å². The van der Waals surface area contributed by atoms with E-state index < -0.39 is 5.97 Å². The molecule has 3 N–H and O–H groups in total. The van der Waals surface area contributed by atoms with Crippen LogP contribution in [0.15, 0.2) is 36.4 Å². The van der Waals surface area contributed by atoms with Gasteiger partial charge in [-0.1, -0.05) is 0 Å². The van der Waals surface area contributed by atoms with Crippen molar-refractivity contribution in [2.45, 2.75) is 13.8 Å². The Morgan fingerprint density at radius 1 is 0.960 bits per heavy atom. The number of halogens is 1. The van der Waals surface area contributed by atoms with Gasteiger partial charge < -0.3 is 10.8 Å². The van der Waals surface area contributed by atoms with Gasteiger partial charge in [0.25, 0.3) is 0 Å². The summed E-state index contributed by atoms with van der Waals surface area (Å²) in [6.07, 6.45) is 0. The molecule has 2 heterocycles. The lowest BCUT2D eigenvalue weighted by Gasteiger charge is -2.12. The monoisotopic (exact) mass is 338 g/mol. The molecule has 0 bridgehead atoms. The molecule has 0 atom stereocenters. The van der Waals surface area contributed by atoms with E-state index in [1.807, 2.05) is 13.8 Å². The van der Waals surface area contributed by atoms with Crippen LogP contribution in [0.4, 0.5) is 10.2 Å². The van der Waals surface area contributed by atoms with E-state index in [0.717, 1.165) is 11.4 Å². The molecule has 126 valence electrons. The van der Waals surface area contributed by atoms with Crippen molar-refractivity contribution in [1.29, 1.82) is 0 Å². The summed E-state index contributed by atoms with van der Waals surface area (Å²) >= 11 is 0. The molecular weight excluding hydrogens is 323 g/mol. The van der Waals surface area contributed by atoms with Crippen LogP contribution < -0.4 is 5.73 Å². The van der Waals surface area contributed by atoms with Crippen molar-refractivity contribution in [3.63, 3.8) is 0 Å². The third kappa shape index (κ3) is 3.30. The highest BCUT2D eigenvalue weighted by Crippen LogP contribution is 2.31. The van der Waals surface area contributed by atoms with E-state index in [4.69, 9.17) is 5.73 Å². The third-order valence-electron chi connectivity index (χ3n) is 3.60. The van der Waals surface area contributed by atoms with Gasteiger partial charge in [0, 0.05) is 22.5 Å². The van der Waals surface area contributed by atoms with Gasteiger partial charge in [0.15, 0.2) is 11.5 Å². The van der Waals surface area contributed by atoms with Gasteiger partial charge in [0.2, 0.25) is 0 Å². The van der Waals surface area contributed by atoms with Gasteiger partial charge in [0.05, 0.1) is 11.4 Å². The maximum absolute atomic E-state index is 13.2. The van der Waals surface area contributed by atoms with Crippen LogP contribution in [-0.4, -0.2) is 26.0 Å². The van der Waals surface area contributed by atoms with Crippen molar-refractivity contribution in [3.8, 4) is 22.5 Å². The quantitative estimate of drug-likeness (QED) is 0.760. The van der Waals surface area contributed by atoms with Gasteiger partial charge in [-0.3, -0.25) is 4.98 Å². The first kappa shape index (κ1) is 16.5. The summed E-state index contributed by atoms with van der Waals surface area (Å²) in [6, 6.07) is 9.25. The molecule has 1 aromatic carbocycles. The number of nitrogen functional groups attached to an aromatic ring is 1. The molecule has 3 rings (SSSR count). The third-order valence-corrected chi connectivity index (χ3v) is 3.60. The lowest BCUT2D eigenvalue weighted by Crippen LogP contribution is -2.10. The number of aromatic nitrogens is 3. The number of hydrogen-bond donors (Lipinski definition) is 2. The Morgan fingerprint density at radius 3 is 2.08 bits per heavy atom. The van der Waals surface area contributed by atoms with E-state index in [1.54, 1.807) is 24.3 Å². The van der Waals surface area contributed by atoms with Crippen LogP contribution in [-0.2, 0) is 0 Å². The molecule has 6 nitrogen and oxygen atoms in total. The molecule has 0 spiro atoms. The van der Waals surface area contributed by atoms with E-state index >= 15 is 0 Å². The Balaban J connectivity index is 2.31. The van der Waals surface area contributed by atoms with E-state index in [2.05, 4.69) is 15.0 Å². The average Bonchev–Trinajstić information content (AvgIpc) is 2.54. The normalized spacial score (nSPS) is 10.7. The molecule has 0 saturated carbocycles. The number of benzene rings is 1. The maximum atomic E-state index is 13.2. The van der Waals surface area contributed by atoms with Crippen molar-refractivity contribution >= 4 is 11.8 Å². The van der Waals surface area contributed by atoms with E-state index in [1.165, 1.54) is 12.1 Å².